The highest BCUT2D eigenvalue weighted by atomic mass is 32.1. The predicted molar refractivity (Wildman–Crippen MR) is 81.5 cm³/mol. The molecule has 0 aliphatic carbocycles. The van der Waals surface area contributed by atoms with E-state index in [1.54, 1.807) is 12.2 Å². The van der Waals surface area contributed by atoms with Crippen LogP contribution in [0.2, 0.25) is 0 Å². The quantitative estimate of drug-likeness (QED) is 0.634. The minimum atomic E-state index is -1.51. The van der Waals surface area contributed by atoms with Gasteiger partial charge in [-0.15, -0.1) is 11.3 Å². The van der Waals surface area contributed by atoms with Gasteiger partial charge in [0.15, 0.2) is 0 Å². The van der Waals surface area contributed by atoms with E-state index >= 15 is 0 Å². The SMILES string of the molecule is C=C/C=C(/B(O)O)c1s/c(=C/C=C\C)c(=C)c1C. The first-order valence-corrected chi connectivity index (χ1v) is 6.45. The summed E-state index contributed by atoms with van der Waals surface area (Å²) in [6.07, 6.45) is 9.01. The second kappa shape index (κ2) is 6.54. The summed E-state index contributed by atoms with van der Waals surface area (Å²) >= 11 is 1.50. The van der Waals surface area contributed by atoms with Gasteiger partial charge in [-0.1, -0.05) is 37.5 Å². The van der Waals surface area contributed by atoms with Crippen molar-refractivity contribution in [2.75, 3.05) is 0 Å². The Morgan fingerprint density at radius 1 is 1.39 bits per heavy atom. The number of hydrogen-bond donors (Lipinski definition) is 2. The first kappa shape index (κ1) is 14.7. The van der Waals surface area contributed by atoms with Crippen LogP contribution in [0.1, 0.15) is 17.4 Å². The Balaban J connectivity index is 3.48. The molecule has 0 spiro atoms. The minimum absolute atomic E-state index is 0.456. The zero-order valence-corrected chi connectivity index (χ0v) is 11.5. The Hall–Kier alpha value is -1.36. The lowest BCUT2D eigenvalue weighted by Crippen LogP contribution is -2.18. The van der Waals surface area contributed by atoms with Crippen molar-refractivity contribution in [2.45, 2.75) is 13.8 Å². The van der Waals surface area contributed by atoms with Gasteiger partial charge >= 0.3 is 7.12 Å². The summed E-state index contributed by atoms with van der Waals surface area (Å²) in [6.45, 7) is 11.5. The summed E-state index contributed by atoms with van der Waals surface area (Å²) in [5.74, 6) is 0. The Bertz CT molecular complexity index is 594. The van der Waals surface area contributed by atoms with Gasteiger partial charge in [0.2, 0.25) is 0 Å². The van der Waals surface area contributed by atoms with Gasteiger partial charge in [-0.3, -0.25) is 0 Å². The van der Waals surface area contributed by atoms with Gasteiger partial charge in [0.25, 0.3) is 0 Å². The van der Waals surface area contributed by atoms with Gasteiger partial charge in [0.05, 0.1) is 0 Å². The van der Waals surface area contributed by atoms with Gasteiger partial charge in [-0.25, -0.2) is 0 Å². The molecule has 94 valence electrons. The maximum Gasteiger partial charge on any atom is 0.489 e. The molecular formula is C14H17BO2S. The predicted octanol–water partition coefficient (Wildman–Crippen LogP) is 1.40. The van der Waals surface area contributed by atoms with Crippen LogP contribution in [0.3, 0.4) is 0 Å². The summed E-state index contributed by atoms with van der Waals surface area (Å²) in [7, 11) is -1.51. The fraction of sp³-hybridized carbons (Fsp3) is 0.143. The van der Waals surface area contributed by atoms with Crippen LogP contribution in [0, 0.1) is 6.92 Å². The van der Waals surface area contributed by atoms with E-state index in [4.69, 9.17) is 0 Å². The zero-order valence-electron chi connectivity index (χ0n) is 10.7. The summed E-state index contributed by atoms with van der Waals surface area (Å²) < 4.78 is 1.02. The van der Waals surface area contributed by atoms with Crippen LogP contribution in [-0.2, 0) is 0 Å². The highest BCUT2D eigenvalue weighted by Crippen LogP contribution is 2.20. The van der Waals surface area contributed by atoms with Crippen LogP contribution >= 0.6 is 11.3 Å². The molecular weight excluding hydrogens is 243 g/mol. The average molecular weight is 260 g/mol. The highest BCUT2D eigenvalue weighted by molar-refractivity contribution is 7.12. The molecule has 0 aliphatic heterocycles. The summed E-state index contributed by atoms with van der Waals surface area (Å²) in [5, 5.41) is 19.7. The standard InChI is InChI=1S/C14H17BO2S/c1-5-7-9-13-10(3)11(4)14(18-13)12(8-6-2)15(16)17/h5-9,16-17H,2-3H2,1,4H3/b7-5-,12-8+,13-9+. The molecule has 1 aromatic rings. The van der Waals surface area contributed by atoms with Crippen LogP contribution in [0.4, 0.5) is 0 Å². The molecule has 0 amide bonds. The molecule has 1 rings (SSSR count). The van der Waals surface area contributed by atoms with Crippen molar-refractivity contribution in [1.82, 2.24) is 0 Å². The first-order chi connectivity index (χ1) is 8.52. The van der Waals surface area contributed by atoms with Crippen molar-refractivity contribution in [3.63, 3.8) is 0 Å². The molecule has 0 saturated carbocycles. The number of allylic oxidation sites excluding steroid dienone is 4. The molecule has 0 atom stereocenters. The van der Waals surface area contributed by atoms with E-state index in [2.05, 4.69) is 13.2 Å². The fourth-order valence-corrected chi connectivity index (χ4v) is 2.78. The van der Waals surface area contributed by atoms with Crippen LogP contribution in [0.25, 0.3) is 18.1 Å². The molecule has 18 heavy (non-hydrogen) atoms. The second-order valence-electron chi connectivity index (χ2n) is 3.82. The molecule has 1 aromatic heterocycles. The largest absolute Gasteiger partial charge is 0.489 e. The van der Waals surface area contributed by atoms with E-state index < -0.39 is 7.12 Å². The van der Waals surface area contributed by atoms with E-state index in [0.717, 1.165) is 20.2 Å². The van der Waals surface area contributed by atoms with Gasteiger partial charge in [0.1, 0.15) is 0 Å². The average Bonchev–Trinajstić information content (AvgIpc) is 2.61. The molecule has 0 fully saturated rings. The Morgan fingerprint density at radius 2 is 2.06 bits per heavy atom. The van der Waals surface area contributed by atoms with Gasteiger partial charge < -0.3 is 10.0 Å². The summed E-state index contributed by atoms with van der Waals surface area (Å²) in [5.41, 5.74) is 1.43. The van der Waals surface area contributed by atoms with Crippen LogP contribution < -0.4 is 9.75 Å². The number of hydrogen-bond acceptors (Lipinski definition) is 3. The van der Waals surface area contributed by atoms with Gasteiger partial charge in [-0.2, -0.15) is 0 Å². The lowest BCUT2D eigenvalue weighted by molar-refractivity contribution is 0.427. The smallest absolute Gasteiger partial charge is 0.423 e. The Morgan fingerprint density at radius 3 is 2.56 bits per heavy atom. The number of rotatable bonds is 4. The molecule has 2 N–H and O–H groups in total. The summed E-state index contributed by atoms with van der Waals surface area (Å²) in [4.78, 5) is 0.839. The maximum atomic E-state index is 9.40. The number of thiophene rings is 1. The molecule has 0 bridgehead atoms. The Labute approximate surface area is 112 Å². The molecule has 0 radical (unpaired) electrons. The van der Waals surface area contributed by atoms with Gasteiger partial charge in [0, 0.05) is 9.41 Å². The maximum absolute atomic E-state index is 9.40. The van der Waals surface area contributed by atoms with Gasteiger partial charge in [-0.05, 0) is 36.2 Å². The second-order valence-corrected chi connectivity index (χ2v) is 4.88. The molecule has 0 aliphatic rings. The highest BCUT2D eigenvalue weighted by Gasteiger charge is 2.19. The van der Waals surface area contributed by atoms with Crippen molar-refractivity contribution in [2.24, 2.45) is 0 Å². The van der Waals surface area contributed by atoms with E-state index in [1.807, 2.05) is 32.1 Å². The van der Waals surface area contributed by atoms with Crippen molar-refractivity contribution < 1.29 is 10.0 Å². The van der Waals surface area contributed by atoms with Crippen molar-refractivity contribution in [1.29, 1.82) is 0 Å². The third-order valence-corrected chi connectivity index (χ3v) is 3.93. The first-order valence-electron chi connectivity index (χ1n) is 5.63. The normalized spacial score (nSPS) is 13.3. The molecule has 0 unspecified atom stereocenters. The third kappa shape index (κ3) is 3.10. The third-order valence-electron chi connectivity index (χ3n) is 2.58. The molecule has 0 aromatic carbocycles. The molecule has 1 heterocycles. The van der Waals surface area contributed by atoms with E-state index in [9.17, 15) is 10.0 Å². The van der Waals surface area contributed by atoms with E-state index in [0.29, 0.717) is 5.47 Å². The van der Waals surface area contributed by atoms with Crippen molar-refractivity contribution >= 4 is 36.6 Å². The lowest BCUT2D eigenvalue weighted by atomic mass is 9.77. The van der Waals surface area contributed by atoms with Crippen molar-refractivity contribution in [3.8, 4) is 0 Å². The monoisotopic (exact) mass is 260 g/mol. The lowest BCUT2D eigenvalue weighted by Gasteiger charge is -2.03. The summed E-state index contributed by atoms with van der Waals surface area (Å²) in [6, 6.07) is 0. The Kier molecular flexibility index (Phi) is 5.35. The van der Waals surface area contributed by atoms with Crippen molar-refractivity contribution in [3.05, 3.63) is 51.1 Å². The molecule has 0 saturated heterocycles. The van der Waals surface area contributed by atoms with E-state index in [-0.39, 0.29) is 0 Å². The minimum Gasteiger partial charge on any atom is -0.423 e. The van der Waals surface area contributed by atoms with E-state index in [1.165, 1.54) is 11.3 Å². The molecule has 4 heteroatoms. The fourth-order valence-electron chi connectivity index (χ4n) is 1.57. The van der Waals surface area contributed by atoms with Crippen LogP contribution in [0.15, 0.2) is 30.9 Å². The topological polar surface area (TPSA) is 40.5 Å². The molecule has 2 nitrogen and oxygen atoms in total. The zero-order chi connectivity index (χ0) is 13.7. The van der Waals surface area contributed by atoms with Crippen LogP contribution in [0.5, 0.6) is 0 Å². The van der Waals surface area contributed by atoms with Crippen LogP contribution in [-0.4, -0.2) is 17.2 Å².